The number of aromatic nitrogens is 3. The third-order valence-electron chi connectivity index (χ3n) is 6.30. The molecule has 1 fully saturated rings. The largest absolute Gasteiger partial charge is 0.346 e. The average molecular weight is 488 g/mol. The van der Waals surface area contributed by atoms with Crippen LogP contribution in [0.15, 0.2) is 60.9 Å². The number of aromatic amines is 1. The van der Waals surface area contributed by atoms with Crippen LogP contribution in [0.5, 0.6) is 0 Å². The van der Waals surface area contributed by atoms with Crippen molar-refractivity contribution in [3.63, 3.8) is 0 Å². The van der Waals surface area contributed by atoms with Crippen molar-refractivity contribution >= 4 is 34.3 Å². The van der Waals surface area contributed by atoms with Crippen molar-refractivity contribution in [2.45, 2.75) is 38.8 Å². The molecule has 1 aliphatic heterocycles. The van der Waals surface area contributed by atoms with E-state index < -0.39 is 0 Å². The van der Waals surface area contributed by atoms with Crippen molar-refractivity contribution in [2.24, 2.45) is 0 Å². The molecule has 0 saturated carbocycles. The third kappa shape index (κ3) is 5.52. The van der Waals surface area contributed by atoms with Gasteiger partial charge in [-0.25, -0.2) is 0 Å². The Morgan fingerprint density at radius 2 is 1.86 bits per heavy atom. The summed E-state index contributed by atoms with van der Waals surface area (Å²) in [7, 11) is 0. The van der Waals surface area contributed by atoms with E-state index >= 15 is 0 Å². The predicted octanol–water partition coefficient (Wildman–Crippen LogP) is 4.64. The number of nitrogens with one attached hydrogen (secondary N) is 2. The number of nitrogens with zero attached hydrogens (tertiary/aromatic N) is 3. The van der Waals surface area contributed by atoms with Gasteiger partial charge in [-0.15, -0.1) is 0 Å². The Morgan fingerprint density at radius 3 is 2.69 bits per heavy atom. The van der Waals surface area contributed by atoms with Gasteiger partial charge in [0.1, 0.15) is 0 Å². The number of carbonyl (C=O) groups excluding carboxylic acids is 2. The zero-order valence-electron chi connectivity index (χ0n) is 19.3. The Morgan fingerprint density at radius 1 is 1.03 bits per heavy atom. The van der Waals surface area contributed by atoms with Gasteiger partial charge in [0.2, 0.25) is 5.91 Å². The average Bonchev–Trinajstić information content (AvgIpc) is 3.27. The molecule has 4 aromatic rings. The molecule has 2 aromatic carbocycles. The SMILES string of the molecule is O=C(NCc1n[nH]c2ccc(Cl)cc12)c1cncc(Cc2ccc(CN3CCCCC3=O)cc2)c1. The summed E-state index contributed by atoms with van der Waals surface area (Å²) in [6, 6.07) is 15.6. The predicted molar refractivity (Wildman–Crippen MR) is 135 cm³/mol. The van der Waals surface area contributed by atoms with E-state index in [0.717, 1.165) is 52.7 Å². The molecule has 0 spiro atoms. The van der Waals surface area contributed by atoms with E-state index in [4.69, 9.17) is 11.6 Å². The molecule has 0 atom stereocenters. The summed E-state index contributed by atoms with van der Waals surface area (Å²) >= 11 is 6.10. The van der Waals surface area contributed by atoms with Crippen LogP contribution in [-0.2, 0) is 24.3 Å². The maximum atomic E-state index is 12.8. The van der Waals surface area contributed by atoms with Gasteiger partial charge in [-0.1, -0.05) is 35.9 Å². The number of benzene rings is 2. The fourth-order valence-electron chi connectivity index (χ4n) is 4.40. The Bertz CT molecular complexity index is 1370. The molecule has 178 valence electrons. The van der Waals surface area contributed by atoms with Crippen LogP contribution in [0.4, 0.5) is 0 Å². The van der Waals surface area contributed by atoms with E-state index in [-0.39, 0.29) is 18.4 Å². The van der Waals surface area contributed by atoms with Crippen LogP contribution in [-0.4, -0.2) is 38.4 Å². The van der Waals surface area contributed by atoms with Crippen molar-refractivity contribution in [1.82, 2.24) is 25.4 Å². The third-order valence-corrected chi connectivity index (χ3v) is 6.54. The summed E-state index contributed by atoms with van der Waals surface area (Å²) in [6.07, 6.45) is 6.74. The summed E-state index contributed by atoms with van der Waals surface area (Å²) in [4.78, 5) is 31.0. The summed E-state index contributed by atoms with van der Waals surface area (Å²) in [5, 5.41) is 11.7. The van der Waals surface area contributed by atoms with E-state index in [0.29, 0.717) is 30.0 Å². The van der Waals surface area contributed by atoms with Crippen LogP contribution in [0.3, 0.4) is 0 Å². The zero-order valence-corrected chi connectivity index (χ0v) is 20.0. The number of likely N-dealkylation sites (tertiary alicyclic amines) is 1. The highest BCUT2D eigenvalue weighted by Crippen LogP contribution is 2.21. The Kier molecular flexibility index (Phi) is 6.77. The molecule has 7 nitrogen and oxygen atoms in total. The summed E-state index contributed by atoms with van der Waals surface area (Å²) in [6.45, 7) is 1.78. The molecule has 35 heavy (non-hydrogen) atoms. The number of hydrogen-bond donors (Lipinski definition) is 2. The van der Waals surface area contributed by atoms with Gasteiger partial charge in [-0.3, -0.25) is 19.7 Å². The van der Waals surface area contributed by atoms with Gasteiger partial charge in [0.25, 0.3) is 5.91 Å². The first-order valence-electron chi connectivity index (χ1n) is 11.8. The van der Waals surface area contributed by atoms with Gasteiger partial charge in [-0.2, -0.15) is 5.10 Å². The van der Waals surface area contributed by atoms with Crippen molar-refractivity contribution in [3.8, 4) is 0 Å². The highest BCUT2D eigenvalue weighted by Gasteiger charge is 2.18. The Hall–Kier alpha value is -3.71. The number of amides is 2. The number of fused-ring (bicyclic) bond motifs is 1. The van der Waals surface area contributed by atoms with Crippen LogP contribution in [0, 0.1) is 0 Å². The molecular weight excluding hydrogens is 462 g/mol. The molecule has 0 radical (unpaired) electrons. The number of halogens is 1. The molecule has 3 heterocycles. The lowest BCUT2D eigenvalue weighted by Crippen LogP contribution is -2.34. The number of H-pyrrole nitrogens is 1. The van der Waals surface area contributed by atoms with Crippen molar-refractivity contribution < 1.29 is 9.59 Å². The first-order valence-corrected chi connectivity index (χ1v) is 12.1. The zero-order chi connectivity index (χ0) is 24.2. The van der Waals surface area contributed by atoms with E-state index in [2.05, 4.69) is 44.8 Å². The number of carbonyl (C=O) groups is 2. The molecule has 2 amide bonds. The standard InChI is InChI=1S/C27H26ClN5O2/c28-22-8-9-24-23(13-22)25(32-31-24)16-30-27(35)21-12-20(14-29-15-21)11-18-4-6-19(7-5-18)17-33-10-2-1-3-26(33)34/h4-9,12-15H,1-3,10-11,16-17H2,(H,30,35)(H,31,32). The van der Waals surface area contributed by atoms with E-state index in [1.807, 2.05) is 23.1 Å². The lowest BCUT2D eigenvalue weighted by atomic mass is 10.0. The molecule has 1 saturated heterocycles. The van der Waals surface area contributed by atoms with Gasteiger partial charge in [0.15, 0.2) is 0 Å². The summed E-state index contributed by atoms with van der Waals surface area (Å²) < 4.78 is 0. The second-order valence-corrected chi connectivity index (χ2v) is 9.33. The van der Waals surface area contributed by atoms with Crippen molar-refractivity contribution in [1.29, 1.82) is 0 Å². The van der Waals surface area contributed by atoms with Crippen molar-refractivity contribution in [3.05, 3.63) is 93.9 Å². The molecule has 0 unspecified atom stereocenters. The molecular formula is C27H26ClN5O2. The molecule has 8 heteroatoms. The Balaban J connectivity index is 1.20. The van der Waals surface area contributed by atoms with Gasteiger partial charge in [0, 0.05) is 42.3 Å². The van der Waals surface area contributed by atoms with Gasteiger partial charge >= 0.3 is 0 Å². The summed E-state index contributed by atoms with van der Waals surface area (Å²) in [5.74, 6) is 0.0323. The van der Waals surface area contributed by atoms with Crippen LogP contribution < -0.4 is 5.32 Å². The minimum Gasteiger partial charge on any atom is -0.346 e. The van der Waals surface area contributed by atoms with Crippen LogP contribution in [0.1, 0.15) is 52.0 Å². The molecule has 5 rings (SSSR count). The van der Waals surface area contributed by atoms with E-state index in [1.54, 1.807) is 18.5 Å². The van der Waals surface area contributed by atoms with E-state index in [9.17, 15) is 9.59 Å². The lowest BCUT2D eigenvalue weighted by molar-refractivity contribution is -0.133. The fourth-order valence-corrected chi connectivity index (χ4v) is 4.57. The maximum absolute atomic E-state index is 12.8. The second kappa shape index (κ2) is 10.3. The van der Waals surface area contributed by atoms with Crippen LogP contribution in [0.2, 0.25) is 5.02 Å². The van der Waals surface area contributed by atoms with Gasteiger partial charge < -0.3 is 10.2 Å². The van der Waals surface area contributed by atoms with Crippen molar-refractivity contribution in [2.75, 3.05) is 6.54 Å². The fraction of sp³-hybridized carbons (Fsp3) is 0.259. The summed E-state index contributed by atoms with van der Waals surface area (Å²) in [5.41, 5.74) is 5.30. The molecule has 2 aromatic heterocycles. The first kappa shape index (κ1) is 23.1. The topological polar surface area (TPSA) is 91.0 Å². The van der Waals surface area contributed by atoms with Crippen LogP contribution in [0.25, 0.3) is 10.9 Å². The van der Waals surface area contributed by atoms with Gasteiger partial charge in [0.05, 0.1) is 23.3 Å². The Labute approximate surface area is 208 Å². The quantitative estimate of drug-likeness (QED) is 0.397. The highest BCUT2D eigenvalue weighted by atomic mass is 35.5. The number of rotatable bonds is 7. The minimum atomic E-state index is -0.209. The van der Waals surface area contributed by atoms with E-state index in [1.165, 1.54) is 0 Å². The highest BCUT2D eigenvalue weighted by molar-refractivity contribution is 6.31. The molecule has 0 aliphatic carbocycles. The number of piperidine rings is 1. The molecule has 1 aliphatic rings. The molecule has 0 bridgehead atoms. The maximum Gasteiger partial charge on any atom is 0.253 e. The lowest BCUT2D eigenvalue weighted by Gasteiger charge is -2.26. The normalized spacial score (nSPS) is 13.9. The number of pyridine rings is 1. The van der Waals surface area contributed by atoms with Gasteiger partial charge in [-0.05, 0) is 60.2 Å². The molecule has 2 N–H and O–H groups in total. The first-order chi connectivity index (χ1) is 17.0. The number of hydrogen-bond acceptors (Lipinski definition) is 4. The monoisotopic (exact) mass is 487 g/mol. The smallest absolute Gasteiger partial charge is 0.253 e. The minimum absolute atomic E-state index is 0.209. The second-order valence-electron chi connectivity index (χ2n) is 8.89. The van der Waals surface area contributed by atoms with Crippen LogP contribution >= 0.6 is 11.6 Å².